The summed E-state index contributed by atoms with van der Waals surface area (Å²) in [6.45, 7) is 15.3. The highest BCUT2D eigenvalue weighted by molar-refractivity contribution is 6.92. The third kappa shape index (κ3) is 17.4. The highest BCUT2D eigenvalue weighted by atomic mass is 31.0. The van der Waals surface area contributed by atoms with Gasteiger partial charge in [0, 0.05) is 6.42 Å². The van der Waals surface area contributed by atoms with Gasteiger partial charge in [-0.25, -0.2) is 0 Å². The van der Waals surface area contributed by atoms with Gasteiger partial charge in [-0.05, 0) is 40.4 Å². The zero-order valence-electron chi connectivity index (χ0n) is 26.8. The Hall–Kier alpha value is -1.08. The van der Waals surface area contributed by atoms with E-state index in [1.54, 1.807) is 0 Å². The van der Waals surface area contributed by atoms with Gasteiger partial charge in [-0.1, -0.05) is 157 Å². The minimum Gasteiger partial charge on any atom is -0.872 e. The molecule has 4 radical (unpaired) electrons. The molecule has 0 bridgehead atoms. The molecule has 4 heteroatoms. The smallest absolute Gasteiger partial charge is 0.872 e. The van der Waals surface area contributed by atoms with Gasteiger partial charge in [0.2, 0.25) is 0 Å². The van der Waals surface area contributed by atoms with Crippen LogP contribution in [0.15, 0.2) is 12.1 Å². The molecule has 3 nitrogen and oxygen atoms in total. The standard InChI is InChI=1S/C35H62O3.P/c1-8-9-10-11-12-13-14-15-16-17-18-19-20-21-22-23-26-38-32(36)25-24-29-27-30(34(2,3)4)33(37)31(28-29)35(5,6)7;/h27-28,37H,8-26H2,1-7H3;/q;+1/p-1. The van der Waals surface area contributed by atoms with Crippen LogP contribution in [0.25, 0.3) is 0 Å². The van der Waals surface area contributed by atoms with Crippen molar-refractivity contribution in [2.45, 2.75) is 175 Å². The Morgan fingerprint density at radius 3 is 1.38 bits per heavy atom. The Morgan fingerprint density at radius 1 is 0.667 bits per heavy atom. The molecule has 0 fully saturated rings. The van der Waals surface area contributed by atoms with Crippen molar-refractivity contribution in [2.75, 3.05) is 6.61 Å². The molecule has 224 valence electrons. The summed E-state index contributed by atoms with van der Waals surface area (Å²) in [7, 11) is 0. The quantitative estimate of drug-likeness (QED) is 0.0905. The summed E-state index contributed by atoms with van der Waals surface area (Å²) in [4.78, 5) is 12.3. The molecule has 1 aromatic carbocycles. The van der Waals surface area contributed by atoms with E-state index in [1.807, 2.05) is 12.1 Å². The van der Waals surface area contributed by atoms with E-state index in [0.717, 1.165) is 29.5 Å². The molecule has 0 amide bonds. The average molecular weight is 561 g/mol. The summed E-state index contributed by atoms with van der Waals surface area (Å²) in [6, 6.07) is 4.00. The number of benzene rings is 1. The lowest BCUT2D eigenvalue weighted by Gasteiger charge is -2.34. The maximum Gasteiger partial charge on any atom is 1.00 e. The van der Waals surface area contributed by atoms with Gasteiger partial charge in [0.1, 0.15) is 0 Å². The fourth-order valence-corrected chi connectivity index (χ4v) is 5.10. The molecule has 39 heavy (non-hydrogen) atoms. The first-order valence-corrected chi connectivity index (χ1v) is 16.0. The highest BCUT2D eigenvalue weighted by Gasteiger charge is 2.22. The molecule has 0 atom stereocenters. The third-order valence-corrected chi connectivity index (χ3v) is 7.64. The molecule has 0 saturated heterocycles. The predicted octanol–water partition coefficient (Wildman–Crippen LogP) is 11.0. The zero-order chi connectivity index (χ0) is 28.4. The Bertz CT molecular complexity index is 738. The summed E-state index contributed by atoms with van der Waals surface area (Å²) in [5, 5.41) is 13.0. The number of ether oxygens (including phenoxy) is 1. The number of unbranched alkanes of at least 4 members (excludes halogenated alkanes) is 15. The monoisotopic (exact) mass is 560 g/mol. The van der Waals surface area contributed by atoms with E-state index >= 15 is 0 Å². The van der Waals surface area contributed by atoms with Crippen LogP contribution in [0.1, 0.15) is 174 Å². The molecule has 0 aliphatic rings. The maximum atomic E-state index is 13.0. The first-order chi connectivity index (χ1) is 18.0. The van der Waals surface area contributed by atoms with Crippen molar-refractivity contribution in [3.63, 3.8) is 0 Å². The lowest BCUT2D eigenvalue weighted by molar-refractivity contribution is -0.271. The van der Waals surface area contributed by atoms with Crippen molar-refractivity contribution in [2.24, 2.45) is 0 Å². The minimum absolute atomic E-state index is 0. The molecule has 0 aliphatic carbocycles. The van der Waals surface area contributed by atoms with Crippen LogP contribution in [0.4, 0.5) is 0 Å². The van der Waals surface area contributed by atoms with Crippen LogP contribution in [-0.2, 0) is 26.8 Å². The van der Waals surface area contributed by atoms with Crippen molar-refractivity contribution >= 4 is 15.9 Å². The van der Waals surface area contributed by atoms with Crippen molar-refractivity contribution < 1.29 is 14.6 Å². The first kappa shape index (κ1) is 37.9. The SMILES string of the molecule is CCCCCCCCCCCCCCCCCCOC(=O)CCc1cc(C(C)(C)C)c([O-])c(C(C)(C)C)c1.[P+]. The molecule has 0 N–H and O–H groups in total. The fraction of sp³-hybridized carbons (Fsp3) is 0.800. The summed E-state index contributed by atoms with van der Waals surface area (Å²) >= 11 is 0. The maximum absolute atomic E-state index is 13.0. The lowest BCUT2D eigenvalue weighted by Crippen LogP contribution is -2.21. The van der Waals surface area contributed by atoms with Gasteiger partial charge in [-0.3, -0.25) is 4.79 Å². The van der Waals surface area contributed by atoms with Crippen LogP contribution in [0.3, 0.4) is 0 Å². The van der Waals surface area contributed by atoms with E-state index in [4.69, 9.17) is 4.74 Å². The van der Waals surface area contributed by atoms with Gasteiger partial charge in [-0.2, -0.15) is 0 Å². The first-order valence-electron chi connectivity index (χ1n) is 16.0. The molecular weight excluding hydrogens is 499 g/mol. The molecule has 0 aromatic heterocycles. The number of hydrogen-bond donors (Lipinski definition) is 0. The van der Waals surface area contributed by atoms with E-state index < -0.39 is 0 Å². The summed E-state index contributed by atoms with van der Waals surface area (Å²) in [5.41, 5.74) is 2.28. The van der Waals surface area contributed by atoms with Crippen LogP contribution < -0.4 is 5.11 Å². The van der Waals surface area contributed by atoms with Crippen molar-refractivity contribution in [1.29, 1.82) is 0 Å². The van der Waals surface area contributed by atoms with Gasteiger partial charge >= 0.3 is 15.9 Å². The summed E-state index contributed by atoms with van der Waals surface area (Å²) < 4.78 is 5.50. The second-order valence-electron chi connectivity index (χ2n) is 13.5. The highest BCUT2D eigenvalue weighted by Crippen LogP contribution is 2.38. The molecule has 1 aromatic rings. The van der Waals surface area contributed by atoms with E-state index in [2.05, 4.69) is 48.5 Å². The van der Waals surface area contributed by atoms with E-state index in [-0.39, 0.29) is 32.4 Å². The number of carbonyl (C=O) groups excluding carboxylic acids is 1. The Labute approximate surface area is 246 Å². The predicted molar refractivity (Wildman–Crippen MR) is 169 cm³/mol. The largest absolute Gasteiger partial charge is 1.00 e. The van der Waals surface area contributed by atoms with E-state index in [1.165, 1.54) is 89.9 Å². The molecule has 0 aliphatic heterocycles. The van der Waals surface area contributed by atoms with Crippen LogP contribution in [0.2, 0.25) is 0 Å². The second-order valence-corrected chi connectivity index (χ2v) is 13.5. The van der Waals surface area contributed by atoms with Gasteiger partial charge in [-0.15, -0.1) is 5.75 Å². The topological polar surface area (TPSA) is 49.4 Å². The fourth-order valence-electron chi connectivity index (χ4n) is 5.10. The number of rotatable bonds is 20. The minimum atomic E-state index is -0.221. The average Bonchev–Trinajstić information content (AvgIpc) is 2.83. The number of hydrogen-bond acceptors (Lipinski definition) is 3. The molecule has 0 heterocycles. The molecule has 1 rings (SSSR count). The van der Waals surface area contributed by atoms with Crippen LogP contribution in [0.5, 0.6) is 5.75 Å². The van der Waals surface area contributed by atoms with E-state index in [9.17, 15) is 9.90 Å². The number of aryl methyl sites for hydroxylation is 1. The number of carbonyl (C=O) groups is 1. The Kier molecular flexibility index (Phi) is 20.2. The molecular formula is C35H61O3P. The second kappa shape index (κ2) is 20.7. The van der Waals surface area contributed by atoms with Crippen LogP contribution >= 0.6 is 9.90 Å². The Balaban J connectivity index is 0.0000144. The van der Waals surface area contributed by atoms with Gasteiger partial charge in [0.25, 0.3) is 0 Å². The van der Waals surface area contributed by atoms with Gasteiger partial charge in [0.05, 0.1) is 6.61 Å². The molecule has 0 spiro atoms. The molecule has 0 unspecified atom stereocenters. The van der Waals surface area contributed by atoms with Crippen molar-refractivity contribution in [1.82, 2.24) is 0 Å². The van der Waals surface area contributed by atoms with Crippen LogP contribution in [-0.4, -0.2) is 12.6 Å². The summed E-state index contributed by atoms with van der Waals surface area (Å²) in [6.07, 6.45) is 22.4. The van der Waals surface area contributed by atoms with Crippen LogP contribution in [0, 0.1) is 0 Å². The van der Waals surface area contributed by atoms with Gasteiger partial charge < -0.3 is 9.84 Å². The Morgan fingerprint density at radius 2 is 1.03 bits per heavy atom. The zero-order valence-corrected chi connectivity index (χ0v) is 27.7. The lowest BCUT2D eigenvalue weighted by atomic mass is 9.78. The third-order valence-electron chi connectivity index (χ3n) is 7.64. The van der Waals surface area contributed by atoms with Crippen molar-refractivity contribution in [3.05, 3.63) is 28.8 Å². The number of esters is 1. The van der Waals surface area contributed by atoms with Crippen molar-refractivity contribution in [3.8, 4) is 5.75 Å². The normalized spacial score (nSPS) is 11.9. The molecule has 0 saturated carbocycles. The van der Waals surface area contributed by atoms with E-state index in [0.29, 0.717) is 19.4 Å². The van der Waals surface area contributed by atoms with Gasteiger partial charge in [0.15, 0.2) is 0 Å². The summed E-state index contributed by atoms with van der Waals surface area (Å²) in [5.74, 6) is 0.00611.